The van der Waals surface area contributed by atoms with Gasteiger partial charge < -0.3 is 9.84 Å². The van der Waals surface area contributed by atoms with Crippen molar-refractivity contribution in [3.05, 3.63) is 60.8 Å². The zero-order valence-electron chi connectivity index (χ0n) is 23.8. The van der Waals surface area contributed by atoms with E-state index in [4.69, 9.17) is 9.84 Å². The zero-order valence-corrected chi connectivity index (χ0v) is 23.8. The molecule has 0 fully saturated rings. The van der Waals surface area contributed by atoms with Gasteiger partial charge in [0.05, 0.1) is 0 Å². The van der Waals surface area contributed by atoms with E-state index in [2.05, 4.69) is 62.5 Å². The van der Waals surface area contributed by atoms with Crippen molar-refractivity contribution in [3.63, 3.8) is 0 Å². The average Bonchev–Trinajstić information content (AvgIpc) is 2.88. The molecule has 0 saturated carbocycles. The standard InChI is InChI=1S/C33H54O4/c1-3-5-7-9-11-13-14-15-16-17-18-19-21-23-27-31(28-25-26-29-32(34)35)37-33(36)30-24-22-20-12-10-8-6-4-2/h5,7,11,13,15-16,18-19,23,27,31H,3-4,6,8-10,12,14,17,20-22,24-26,28-30H2,1-2H3,(H,34,35)/b7-5-,13-11-,16-15-,19-18-,27-23-. The van der Waals surface area contributed by atoms with E-state index >= 15 is 0 Å². The van der Waals surface area contributed by atoms with Crippen LogP contribution in [0.2, 0.25) is 0 Å². The highest BCUT2D eigenvalue weighted by Crippen LogP contribution is 2.13. The van der Waals surface area contributed by atoms with Crippen molar-refractivity contribution >= 4 is 11.9 Å². The Morgan fingerprint density at radius 1 is 0.622 bits per heavy atom. The summed E-state index contributed by atoms with van der Waals surface area (Å²) in [6.07, 6.45) is 38.1. The highest BCUT2D eigenvalue weighted by Gasteiger charge is 2.11. The summed E-state index contributed by atoms with van der Waals surface area (Å²) in [7, 11) is 0. The SMILES string of the molecule is CC/C=C\C/C=C\C/C=C\C/C=C\C/C=C\C(CCCCC(=O)O)OC(=O)CCCCCCCCCC. The number of allylic oxidation sites excluding steroid dienone is 9. The summed E-state index contributed by atoms with van der Waals surface area (Å²) in [6.45, 7) is 4.37. The molecule has 0 aromatic heterocycles. The number of ether oxygens (including phenoxy) is 1. The Kier molecular flexibility index (Phi) is 26.4. The van der Waals surface area contributed by atoms with Crippen LogP contribution in [-0.4, -0.2) is 23.1 Å². The fourth-order valence-electron chi connectivity index (χ4n) is 3.83. The van der Waals surface area contributed by atoms with Crippen molar-refractivity contribution in [2.24, 2.45) is 0 Å². The molecule has 210 valence electrons. The fourth-order valence-corrected chi connectivity index (χ4v) is 3.83. The fraction of sp³-hybridized carbons (Fsp3) is 0.636. The van der Waals surface area contributed by atoms with E-state index in [0.29, 0.717) is 19.3 Å². The molecule has 0 amide bonds. The van der Waals surface area contributed by atoms with Crippen molar-refractivity contribution in [3.8, 4) is 0 Å². The lowest BCUT2D eigenvalue weighted by atomic mass is 10.1. The minimum Gasteiger partial charge on any atom is -0.481 e. The van der Waals surface area contributed by atoms with Crippen LogP contribution in [0.15, 0.2) is 60.8 Å². The van der Waals surface area contributed by atoms with Gasteiger partial charge in [-0.2, -0.15) is 0 Å². The lowest BCUT2D eigenvalue weighted by Crippen LogP contribution is -2.16. The van der Waals surface area contributed by atoms with Gasteiger partial charge in [0.25, 0.3) is 0 Å². The molecule has 0 rings (SSSR count). The number of carbonyl (C=O) groups excluding carboxylic acids is 1. The number of carboxylic acid groups (broad SMARTS) is 1. The summed E-state index contributed by atoms with van der Waals surface area (Å²) >= 11 is 0. The first-order valence-electron chi connectivity index (χ1n) is 14.8. The number of carbonyl (C=O) groups is 2. The van der Waals surface area contributed by atoms with Gasteiger partial charge in [-0.3, -0.25) is 9.59 Å². The molecule has 1 unspecified atom stereocenters. The van der Waals surface area contributed by atoms with Crippen molar-refractivity contribution in [2.45, 2.75) is 136 Å². The summed E-state index contributed by atoms with van der Waals surface area (Å²) < 4.78 is 5.71. The third-order valence-electron chi connectivity index (χ3n) is 5.99. The maximum Gasteiger partial charge on any atom is 0.306 e. The molecule has 1 atom stereocenters. The van der Waals surface area contributed by atoms with E-state index in [1.807, 2.05) is 12.2 Å². The number of unbranched alkanes of at least 4 members (excludes halogenated alkanes) is 8. The first-order chi connectivity index (χ1) is 18.1. The summed E-state index contributed by atoms with van der Waals surface area (Å²) in [5.41, 5.74) is 0. The van der Waals surface area contributed by atoms with Crippen LogP contribution in [0, 0.1) is 0 Å². The van der Waals surface area contributed by atoms with Crippen LogP contribution in [0.4, 0.5) is 0 Å². The van der Waals surface area contributed by atoms with Crippen molar-refractivity contribution in [1.29, 1.82) is 0 Å². The Bertz CT molecular complexity index is 684. The average molecular weight is 515 g/mol. The Hall–Kier alpha value is -2.36. The second kappa shape index (κ2) is 28.2. The molecule has 0 aliphatic carbocycles. The molecule has 0 aliphatic rings. The number of rotatable bonds is 25. The Balaban J connectivity index is 4.26. The maximum atomic E-state index is 12.3. The summed E-state index contributed by atoms with van der Waals surface area (Å²) in [5, 5.41) is 8.85. The van der Waals surface area contributed by atoms with E-state index in [1.54, 1.807) is 0 Å². The topological polar surface area (TPSA) is 63.6 Å². The van der Waals surface area contributed by atoms with Gasteiger partial charge in [0.2, 0.25) is 0 Å². The molecular formula is C33H54O4. The van der Waals surface area contributed by atoms with Gasteiger partial charge in [-0.1, -0.05) is 113 Å². The molecule has 0 spiro atoms. The van der Waals surface area contributed by atoms with Crippen LogP contribution in [-0.2, 0) is 14.3 Å². The van der Waals surface area contributed by atoms with Gasteiger partial charge in [0.1, 0.15) is 6.10 Å². The molecule has 0 aromatic rings. The molecule has 0 heterocycles. The maximum absolute atomic E-state index is 12.3. The van der Waals surface area contributed by atoms with Crippen molar-refractivity contribution in [2.75, 3.05) is 0 Å². The number of esters is 1. The lowest BCUT2D eigenvalue weighted by molar-refractivity contribution is -0.147. The second-order valence-electron chi connectivity index (χ2n) is 9.56. The van der Waals surface area contributed by atoms with Gasteiger partial charge in [-0.15, -0.1) is 0 Å². The molecule has 4 heteroatoms. The quantitative estimate of drug-likeness (QED) is 0.0748. The van der Waals surface area contributed by atoms with Gasteiger partial charge in [0.15, 0.2) is 0 Å². The van der Waals surface area contributed by atoms with Gasteiger partial charge in [-0.05, 0) is 63.9 Å². The predicted octanol–water partition coefficient (Wildman–Crippen LogP) is 9.83. The van der Waals surface area contributed by atoms with Gasteiger partial charge in [0, 0.05) is 12.8 Å². The first-order valence-corrected chi connectivity index (χ1v) is 14.8. The monoisotopic (exact) mass is 514 g/mol. The molecule has 4 nitrogen and oxygen atoms in total. The molecule has 0 saturated heterocycles. The van der Waals surface area contributed by atoms with Crippen molar-refractivity contribution in [1.82, 2.24) is 0 Å². The third-order valence-corrected chi connectivity index (χ3v) is 5.99. The Morgan fingerprint density at radius 3 is 1.65 bits per heavy atom. The minimum atomic E-state index is -0.780. The van der Waals surface area contributed by atoms with Crippen molar-refractivity contribution < 1.29 is 19.4 Å². The third kappa shape index (κ3) is 28.1. The van der Waals surface area contributed by atoms with E-state index in [1.165, 1.54) is 38.5 Å². The minimum absolute atomic E-state index is 0.144. The van der Waals surface area contributed by atoms with Gasteiger partial charge >= 0.3 is 11.9 Å². The van der Waals surface area contributed by atoms with Crippen LogP contribution in [0.25, 0.3) is 0 Å². The molecule has 0 radical (unpaired) electrons. The van der Waals surface area contributed by atoms with Crippen LogP contribution < -0.4 is 0 Å². The molecule has 1 N–H and O–H groups in total. The highest BCUT2D eigenvalue weighted by molar-refractivity contribution is 5.69. The van der Waals surface area contributed by atoms with E-state index in [0.717, 1.165) is 51.4 Å². The van der Waals surface area contributed by atoms with Crippen LogP contribution in [0.1, 0.15) is 129 Å². The molecule has 0 aromatic carbocycles. The lowest BCUT2D eigenvalue weighted by Gasteiger charge is -2.14. The first kappa shape index (κ1) is 34.6. The number of hydrogen-bond donors (Lipinski definition) is 1. The summed E-state index contributed by atoms with van der Waals surface area (Å²) in [4.78, 5) is 23.1. The molecule has 0 aliphatic heterocycles. The number of hydrogen-bond acceptors (Lipinski definition) is 3. The van der Waals surface area contributed by atoms with E-state index in [-0.39, 0.29) is 18.5 Å². The zero-order chi connectivity index (χ0) is 27.2. The van der Waals surface area contributed by atoms with Crippen LogP contribution in [0.3, 0.4) is 0 Å². The van der Waals surface area contributed by atoms with Gasteiger partial charge in [-0.25, -0.2) is 0 Å². The Morgan fingerprint density at radius 2 is 1.11 bits per heavy atom. The number of carboxylic acids is 1. The normalized spacial score (nSPS) is 13.1. The molecule has 37 heavy (non-hydrogen) atoms. The van der Waals surface area contributed by atoms with E-state index in [9.17, 15) is 9.59 Å². The largest absolute Gasteiger partial charge is 0.481 e. The second-order valence-corrected chi connectivity index (χ2v) is 9.56. The summed E-state index contributed by atoms with van der Waals surface area (Å²) in [5.74, 6) is -0.923. The number of aliphatic carboxylic acids is 1. The summed E-state index contributed by atoms with van der Waals surface area (Å²) in [6, 6.07) is 0. The predicted molar refractivity (Wildman–Crippen MR) is 158 cm³/mol. The van der Waals surface area contributed by atoms with Crippen LogP contribution in [0.5, 0.6) is 0 Å². The van der Waals surface area contributed by atoms with E-state index < -0.39 is 5.97 Å². The molecular weight excluding hydrogens is 460 g/mol. The Labute approximate surface area is 227 Å². The van der Waals surface area contributed by atoms with Crippen LogP contribution >= 0.6 is 0 Å². The smallest absolute Gasteiger partial charge is 0.306 e. The molecule has 0 bridgehead atoms. The highest BCUT2D eigenvalue weighted by atomic mass is 16.5.